The number of hydrogen-bond acceptors (Lipinski definition) is 2. The summed E-state index contributed by atoms with van der Waals surface area (Å²) >= 11 is 0. The van der Waals surface area contributed by atoms with Crippen LogP contribution in [0.15, 0.2) is 0 Å². The number of rotatable bonds is 11. The van der Waals surface area contributed by atoms with Crippen molar-refractivity contribution in [2.45, 2.75) is 66.2 Å². The van der Waals surface area contributed by atoms with Gasteiger partial charge in [0.1, 0.15) is 0 Å². The lowest BCUT2D eigenvalue weighted by Gasteiger charge is -2.31. The molecule has 0 aromatic rings. The van der Waals surface area contributed by atoms with Gasteiger partial charge in [0.2, 0.25) is 0 Å². The van der Waals surface area contributed by atoms with Crippen LogP contribution in [0.3, 0.4) is 0 Å². The summed E-state index contributed by atoms with van der Waals surface area (Å²) in [6.07, 6.45) is 8.38. The Kier molecular flexibility index (Phi) is 6.82. The molecule has 1 fully saturated rings. The van der Waals surface area contributed by atoms with Gasteiger partial charge in [0.15, 0.2) is 0 Å². The third-order valence-corrected chi connectivity index (χ3v) is 4.48. The highest BCUT2D eigenvalue weighted by molar-refractivity contribution is 4.83. The van der Waals surface area contributed by atoms with Crippen molar-refractivity contribution >= 4 is 0 Å². The summed E-state index contributed by atoms with van der Waals surface area (Å²) in [7, 11) is 1.76. The number of ether oxygens (including phenoxy) is 1. The SMILES string of the molecule is COCCNCCC(C)(C)CCC(C)(C)CC1CC1. The van der Waals surface area contributed by atoms with Gasteiger partial charge in [-0.2, -0.15) is 0 Å². The predicted molar refractivity (Wildman–Crippen MR) is 83.5 cm³/mol. The van der Waals surface area contributed by atoms with E-state index in [1.54, 1.807) is 7.11 Å². The first kappa shape index (κ1) is 17.0. The van der Waals surface area contributed by atoms with E-state index in [-0.39, 0.29) is 0 Å². The molecule has 2 nitrogen and oxygen atoms in total. The molecule has 0 aromatic carbocycles. The number of hydrogen-bond donors (Lipinski definition) is 1. The molecule has 0 bridgehead atoms. The van der Waals surface area contributed by atoms with E-state index in [4.69, 9.17) is 4.74 Å². The van der Waals surface area contributed by atoms with Crippen molar-refractivity contribution in [3.8, 4) is 0 Å². The molecule has 0 atom stereocenters. The molecule has 0 amide bonds. The quantitative estimate of drug-likeness (QED) is 0.566. The molecular weight excluding hydrogens is 234 g/mol. The van der Waals surface area contributed by atoms with Crippen molar-refractivity contribution in [1.29, 1.82) is 0 Å². The molecule has 0 aliphatic heterocycles. The third kappa shape index (κ3) is 8.65. The van der Waals surface area contributed by atoms with Gasteiger partial charge in [-0.05, 0) is 49.0 Å². The lowest BCUT2D eigenvalue weighted by Crippen LogP contribution is -2.26. The second-order valence-corrected chi connectivity index (χ2v) is 7.97. The van der Waals surface area contributed by atoms with E-state index in [1.165, 1.54) is 38.5 Å². The van der Waals surface area contributed by atoms with Crippen molar-refractivity contribution in [2.75, 3.05) is 26.8 Å². The van der Waals surface area contributed by atoms with Gasteiger partial charge >= 0.3 is 0 Å². The fourth-order valence-corrected chi connectivity index (χ4v) is 2.73. The van der Waals surface area contributed by atoms with Gasteiger partial charge in [0.25, 0.3) is 0 Å². The van der Waals surface area contributed by atoms with E-state index < -0.39 is 0 Å². The van der Waals surface area contributed by atoms with Crippen molar-refractivity contribution < 1.29 is 4.74 Å². The maximum absolute atomic E-state index is 5.05. The van der Waals surface area contributed by atoms with E-state index in [0.29, 0.717) is 10.8 Å². The maximum atomic E-state index is 5.05. The van der Waals surface area contributed by atoms with Crippen molar-refractivity contribution in [3.05, 3.63) is 0 Å². The fourth-order valence-electron chi connectivity index (χ4n) is 2.73. The third-order valence-electron chi connectivity index (χ3n) is 4.48. The molecule has 0 saturated heterocycles. The minimum atomic E-state index is 0.459. The maximum Gasteiger partial charge on any atom is 0.0587 e. The van der Waals surface area contributed by atoms with Crippen LogP contribution < -0.4 is 5.32 Å². The van der Waals surface area contributed by atoms with E-state index in [1.807, 2.05) is 0 Å². The van der Waals surface area contributed by atoms with Crippen LogP contribution in [0.4, 0.5) is 0 Å². The zero-order chi connectivity index (χ0) is 14.4. The van der Waals surface area contributed by atoms with E-state index >= 15 is 0 Å². The Labute approximate surface area is 120 Å². The van der Waals surface area contributed by atoms with Gasteiger partial charge < -0.3 is 10.1 Å². The molecule has 0 heterocycles. The Morgan fingerprint density at radius 2 is 1.58 bits per heavy atom. The lowest BCUT2D eigenvalue weighted by molar-refractivity contribution is 0.191. The average Bonchev–Trinajstić information content (AvgIpc) is 3.10. The Hall–Kier alpha value is -0.0800. The van der Waals surface area contributed by atoms with Gasteiger partial charge in [-0.15, -0.1) is 0 Å². The summed E-state index contributed by atoms with van der Waals surface area (Å²) in [4.78, 5) is 0. The molecule has 1 aliphatic rings. The van der Waals surface area contributed by atoms with Crippen molar-refractivity contribution in [3.63, 3.8) is 0 Å². The monoisotopic (exact) mass is 269 g/mol. The predicted octanol–water partition coefficient (Wildman–Crippen LogP) is 4.25. The first-order valence-electron chi connectivity index (χ1n) is 8.04. The lowest BCUT2D eigenvalue weighted by atomic mass is 9.75. The van der Waals surface area contributed by atoms with Crippen LogP contribution in [0.5, 0.6) is 0 Å². The van der Waals surface area contributed by atoms with Crippen molar-refractivity contribution in [2.24, 2.45) is 16.7 Å². The second kappa shape index (κ2) is 7.64. The second-order valence-electron chi connectivity index (χ2n) is 7.97. The summed E-state index contributed by atoms with van der Waals surface area (Å²) in [5.74, 6) is 1.05. The van der Waals surface area contributed by atoms with Gasteiger partial charge in [-0.25, -0.2) is 0 Å². The van der Waals surface area contributed by atoms with Crippen LogP contribution in [-0.2, 0) is 4.74 Å². The molecule has 1 N–H and O–H groups in total. The largest absolute Gasteiger partial charge is 0.383 e. The molecule has 1 aliphatic carbocycles. The van der Waals surface area contributed by atoms with Gasteiger partial charge in [-0.1, -0.05) is 40.5 Å². The summed E-state index contributed by atoms with van der Waals surface area (Å²) in [5, 5.41) is 3.46. The first-order valence-corrected chi connectivity index (χ1v) is 8.04. The van der Waals surface area contributed by atoms with Gasteiger partial charge in [-0.3, -0.25) is 0 Å². The standard InChI is InChI=1S/C17H35NO/c1-16(2,10-11-18-12-13-19-5)8-9-17(3,4)14-15-6-7-15/h15,18H,6-14H2,1-5H3. The average molecular weight is 269 g/mol. The van der Waals surface area contributed by atoms with E-state index in [9.17, 15) is 0 Å². The highest BCUT2D eigenvalue weighted by Gasteiger charge is 2.31. The number of methoxy groups -OCH3 is 1. The van der Waals surface area contributed by atoms with Crippen LogP contribution in [0, 0.1) is 16.7 Å². The van der Waals surface area contributed by atoms with Crippen LogP contribution in [0.25, 0.3) is 0 Å². The molecule has 114 valence electrons. The van der Waals surface area contributed by atoms with Crippen LogP contribution >= 0.6 is 0 Å². The molecule has 0 spiro atoms. The van der Waals surface area contributed by atoms with Gasteiger partial charge in [0.05, 0.1) is 6.61 Å². The Morgan fingerprint density at radius 1 is 0.947 bits per heavy atom. The Bertz CT molecular complexity index is 244. The van der Waals surface area contributed by atoms with Crippen LogP contribution in [0.1, 0.15) is 66.2 Å². The first-order chi connectivity index (χ1) is 8.85. The summed E-state index contributed by atoms with van der Waals surface area (Å²) in [5.41, 5.74) is 1.00. The number of nitrogens with one attached hydrogen (secondary N) is 1. The van der Waals surface area contributed by atoms with E-state index in [2.05, 4.69) is 33.0 Å². The molecule has 0 unspecified atom stereocenters. The molecule has 19 heavy (non-hydrogen) atoms. The highest BCUT2D eigenvalue weighted by Crippen LogP contribution is 2.43. The summed E-state index contributed by atoms with van der Waals surface area (Å²) < 4.78 is 5.05. The molecule has 0 radical (unpaired) electrons. The molecule has 2 heteroatoms. The normalized spacial score (nSPS) is 16.9. The minimum Gasteiger partial charge on any atom is -0.383 e. The minimum absolute atomic E-state index is 0.459. The topological polar surface area (TPSA) is 21.3 Å². The smallest absolute Gasteiger partial charge is 0.0587 e. The summed E-state index contributed by atoms with van der Waals surface area (Å²) in [6, 6.07) is 0. The van der Waals surface area contributed by atoms with E-state index in [0.717, 1.165) is 25.6 Å². The Balaban J connectivity index is 2.13. The molecule has 1 saturated carbocycles. The molecule has 1 rings (SSSR count). The van der Waals surface area contributed by atoms with Crippen LogP contribution in [-0.4, -0.2) is 26.8 Å². The Morgan fingerprint density at radius 3 is 2.16 bits per heavy atom. The highest BCUT2D eigenvalue weighted by atomic mass is 16.5. The molecule has 0 aromatic heterocycles. The van der Waals surface area contributed by atoms with Crippen molar-refractivity contribution in [1.82, 2.24) is 5.32 Å². The van der Waals surface area contributed by atoms with Gasteiger partial charge in [0, 0.05) is 13.7 Å². The zero-order valence-electron chi connectivity index (χ0n) is 13.8. The summed E-state index contributed by atoms with van der Waals surface area (Å²) in [6.45, 7) is 12.6. The zero-order valence-corrected chi connectivity index (χ0v) is 13.8. The molecular formula is C17H35NO. The fraction of sp³-hybridized carbons (Fsp3) is 1.00. The van der Waals surface area contributed by atoms with Crippen LogP contribution in [0.2, 0.25) is 0 Å².